The zero-order chi connectivity index (χ0) is 9.52. The fraction of sp³-hybridized carbons (Fsp3) is 0.500. The van der Waals surface area contributed by atoms with Gasteiger partial charge in [-0.15, -0.1) is 11.3 Å². The van der Waals surface area contributed by atoms with Crippen LogP contribution in [0.15, 0.2) is 16.6 Å². The molecule has 5 heteroatoms. The van der Waals surface area contributed by atoms with Gasteiger partial charge in [0.05, 0.1) is 6.54 Å². The molecule has 3 N–H and O–H groups in total. The van der Waals surface area contributed by atoms with Crippen molar-refractivity contribution in [1.29, 1.82) is 0 Å². The molecule has 0 amide bonds. The molecular formula is C8H14N4S. The average Bonchev–Trinajstić information content (AvgIpc) is 2.64. The van der Waals surface area contributed by atoms with Crippen LogP contribution in [0.5, 0.6) is 0 Å². The first-order valence-electron chi connectivity index (χ1n) is 4.25. The fourth-order valence-electron chi connectivity index (χ4n) is 0.793. The fourth-order valence-corrected chi connectivity index (χ4v) is 1.33. The number of nitrogens with one attached hydrogen (secondary N) is 1. The number of nitrogens with two attached hydrogens (primary N) is 1. The van der Waals surface area contributed by atoms with Crippen molar-refractivity contribution in [2.45, 2.75) is 19.9 Å². The first-order chi connectivity index (χ1) is 6.33. The van der Waals surface area contributed by atoms with Crippen LogP contribution in [-0.4, -0.2) is 17.5 Å². The van der Waals surface area contributed by atoms with Crippen LogP contribution in [0.3, 0.4) is 0 Å². The highest BCUT2D eigenvalue weighted by Gasteiger charge is 1.93. The van der Waals surface area contributed by atoms with Crippen molar-refractivity contribution >= 4 is 17.3 Å². The third-order valence-electron chi connectivity index (χ3n) is 1.42. The molecule has 1 rings (SSSR count). The van der Waals surface area contributed by atoms with Crippen LogP contribution < -0.4 is 11.1 Å². The molecule has 0 saturated carbocycles. The number of aromatic nitrogens is 1. The van der Waals surface area contributed by atoms with Crippen LogP contribution in [0.25, 0.3) is 0 Å². The minimum absolute atomic E-state index is 0.497. The topological polar surface area (TPSA) is 63.3 Å². The summed E-state index contributed by atoms with van der Waals surface area (Å²) in [5.74, 6) is 0.497. The predicted molar refractivity (Wildman–Crippen MR) is 55.7 cm³/mol. The van der Waals surface area contributed by atoms with Crippen molar-refractivity contribution in [3.8, 4) is 0 Å². The third kappa shape index (κ3) is 3.89. The summed E-state index contributed by atoms with van der Waals surface area (Å²) >= 11 is 1.59. The molecule has 0 unspecified atom stereocenters. The number of nitrogens with zero attached hydrogens (tertiary/aromatic N) is 2. The Labute approximate surface area is 81.9 Å². The van der Waals surface area contributed by atoms with Gasteiger partial charge >= 0.3 is 0 Å². The Morgan fingerprint density at radius 1 is 1.77 bits per heavy atom. The van der Waals surface area contributed by atoms with Gasteiger partial charge in [0.2, 0.25) is 0 Å². The molecule has 72 valence electrons. The van der Waals surface area contributed by atoms with Gasteiger partial charge < -0.3 is 11.1 Å². The van der Waals surface area contributed by atoms with Crippen molar-refractivity contribution in [3.05, 3.63) is 16.6 Å². The number of guanidine groups is 1. The standard InChI is InChI=1S/C8H14N4S/c1-2-3-11-8(9)12-6-7-10-4-5-13-7/h4-5H,2-3,6H2,1H3,(H3,9,11,12). The molecule has 0 aliphatic rings. The minimum atomic E-state index is 0.497. The van der Waals surface area contributed by atoms with E-state index in [0.29, 0.717) is 12.5 Å². The summed E-state index contributed by atoms with van der Waals surface area (Å²) in [5.41, 5.74) is 5.59. The van der Waals surface area contributed by atoms with Crippen LogP contribution in [0, 0.1) is 0 Å². The lowest BCUT2D eigenvalue weighted by molar-refractivity contribution is 0.825. The zero-order valence-corrected chi connectivity index (χ0v) is 8.47. The Balaban J connectivity index is 2.30. The Kier molecular flexibility index (Phi) is 4.25. The molecule has 4 nitrogen and oxygen atoms in total. The summed E-state index contributed by atoms with van der Waals surface area (Å²) in [7, 11) is 0. The van der Waals surface area contributed by atoms with E-state index in [1.165, 1.54) is 0 Å². The van der Waals surface area contributed by atoms with E-state index < -0.39 is 0 Å². The lowest BCUT2D eigenvalue weighted by Crippen LogP contribution is -2.32. The smallest absolute Gasteiger partial charge is 0.189 e. The maximum atomic E-state index is 5.59. The second-order valence-electron chi connectivity index (χ2n) is 2.55. The van der Waals surface area contributed by atoms with Gasteiger partial charge in [-0.1, -0.05) is 6.92 Å². The van der Waals surface area contributed by atoms with Gasteiger partial charge in [0.1, 0.15) is 5.01 Å². The number of aliphatic imine (C=N–C) groups is 1. The SMILES string of the molecule is CCCNC(N)=NCc1nccs1. The normalized spacial score (nSPS) is 11.6. The largest absolute Gasteiger partial charge is 0.370 e. The summed E-state index contributed by atoms with van der Waals surface area (Å²) in [6.07, 6.45) is 2.82. The number of thiazole rings is 1. The second-order valence-corrected chi connectivity index (χ2v) is 3.53. The minimum Gasteiger partial charge on any atom is -0.370 e. The van der Waals surface area contributed by atoms with Crippen LogP contribution in [0.1, 0.15) is 18.4 Å². The molecule has 0 fully saturated rings. The molecule has 0 aliphatic carbocycles. The molecule has 0 aliphatic heterocycles. The molecule has 1 heterocycles. The molecule has 1 aromatic heterocycles. The third-order valence-corrected chi connectivity index (χ3v) is 2.19. The maximum absolute atomic E-state index is 5.59. The van der Waals surface area contributed by atoms with E-state index in [0.717, 1.165) is 18.0 Å². The molecule has 13 heavy (non-hydrogen) atoms. The Morgan fingerprint density at radius 3 is 3.23 bits per heavy atom. The monoisotopic (exact) mass is 198 g/mol. The molecule has 0 bridgehead atoms. The van der Waals surface area contributed by atoms with Crippen molar-refractivity contribution in [2.75, 3.05) is 6.54 Å². The van der Waals surface area contributed by atoms with Crippen LogP contribution in [-0.2, 0) is 6.54 Å². The zero-order valence-electron chi connectivity index (χ0n) is 7.66. The van der Waals surface area contributed by atoms with E-state index in [2.05, 4.69) is 22.2 Å². The first-order valence-corrected chi connectivity index (χ1v) is 5.13. The van der Waals surface area contributed by atoms with E-state index in [1.807, 2.05) is 5.38 Å². The molecular weight excluding hydrogens is 184 g/mol. The quantitative estimate of drug-likeness (QED) is 0.559. The van der Waals surface area contributed by atoms with Gasteiger partial charge in [0, 0.05) is 18.1 Å². The number of hydrogen-bond donors (Lipinski definition) is 2. The van der Waals surface area contributed by atoms with Crippen LogP contribution in [0.4, 0.5) is 0 Å². The summed E-state index contributed by atoms with van der Waals surface area (Å²) < 4.78 is 0. The average molecular weight is 198 g/mol. The lowest BCUT2D eigenvalue weighted by Gasteiger charge is -2.01. The van der Waals surface area contributed by atoms with Gasteiger partial charge in [-0.2, -0.15) is 0 Å². The van der Waals surface area contributed by atoms with Gasteiger partial charge in [-0.05, 0) is 6.42 Å². The van der Waals surface area contributed by atoms with E-state index >= 15 is 0 Å². The summed E-state index contributed by atoms with van der Waals surface area (Å²) in [4.78, 5) is 8.23. The van der Waals surface area contributed by atoms with Crippen molar-refractivity contribution in [2.24, 2.45) is 10.7 Å². The lowest BCUT2D eigenvalue weighted by atomic mass is 10.5. The summed E-state index contributed by atoms with van der Waals surface area (Å²) in [5, 5.41) is 5.92. The molecule has 0 atom stereocenters. The van der Waals surface area contributed by atoms with Gasteiger partial charge in [-0.25, -0.2) is 9.98 Å². The van der Waals surface area contributed by atoms with Crippen molar-refractivity contribution in [1.82, 2.24) is 10.3 Å². The summed E-state index contributed by atoms with van der Waals surface area (Å²) in [6, 6.07) is 0. The van der Waals surface area contributed by atoms with E-state index in [4.69, 9.17) is 5.73 Å². The first kappa shape index (κ1) is 9.98. The van der Waals surface area contributed by atoms with Gasteiger partial charge in [-0.3, -0.25) is 0 Å². The molecule has 0 radical (unpaired) electrons. The maximum Gasteiger partial charge on any atom is 0.189 e. The summed E-state index contributed by atoms with van der Waals surface area (Å²) in [6.45, 7) is 3.52. The molecule has 1 aromatic rings. The molecule has 0 aromatic carbocycles. The van der Waals surface area contributed by atoms with Gasteiger partial charge in [0.15, 0.2) is 5.96 Å². The highest BCUT2D eigenvalue weighted by Crippen LogP contribution is 2.04. The number of hydrogen-bond acceptors (Lipinski definition) is 3. The Morgan fingerprint density at radius 2 is 2.62 bits per heavy atom. The van der Waals surface area contributed by atoms with E-state index in [-0.39, 0.29) is 0 Å². The molecule has 0 saturated heterocycles. The van der Waals surface area contributed by atoms with Crippen LogP contribution >= 0.6 is 11.3 Å². The van der Waals surface area contributed by atoms with Crippen molar-refractivity contribution < 1.29 is 0 Å². The van der Waals surface area contributed by atoms with E-state index in [9.17, 15) is 0 Å². The molecule has 0 spiro atoms. The number of rotatable bonds is 4. The van der Waals surface area contributed by atoms with Crippen molar-refractivity contribution in [3.63, 3.8) is 0 Å². The van der Waals surface area contributed by atoms with E-state index in [1.54, 1.807) is 17.5 Å². The Hall–Kier alpha value is -1.10. The highest BCUT2D eigenvalue weighted by molar-refractivity contribution is 7.09. The highest BCUT2D eigenvalue weighted by atomic mass is 32.1. The van der Waals surface area contributed by atoms with Crippen LogP contribution in [0.2, 0.25) is 0 Å². The second kappa shape index (κ2) is 5.53. The van der Waals surface area contributed by atoms with Gasteiger partial charge in [0.25, 0.3) is 0 Å². The predicted octanol–water partition coefficient (Wildman–Crippen LogP) is 0.957. The Bertz CT molecular complexity index is 255.